The molecule has 9 aromatic rings. The number of anilines is 3. The highest BCUT2D eigenvalue weighted by atomic mass is 32.2. The Morgan fingerprint density at radius 3 is 1.75 bits per heavy atom. The zero-order valence-electron chi connectivity index (χ0n) is 28.2. The van der Waals surface area contributed by atoms with Crippen LogP contribution in [0.1, 0.15) is 0 Å². The van der Waals surface area contributed by atoms with Gasteiger partial charge < -0.3 is 4.90 Å². The fourth-order valence-corrected chi connectivity index (χ4v) is 17.4. The fraction of sp³-hybridized carbons (Fsp3) is 0. The largest absolute Gasteiger partial charge is 0.311 e. The lowest BCUT2D eigenvalue weighted by atomic mass is 10.0. The molecule has 0 aliphatic carbocycles. The van der Waals surface area contributed by atoms with Crippen molar-refractivity contribution in [3.8, 4) is 22.3 Å². The Morgan fingerprint density at radius 2 is 0.962 bits per heavy atom. The van der Waals surface area contributed by atoms with E-state index in [9.17, 15) is 0 Å². The van der Waals surface area contributed by atoms with Gasteiger partial charge in [0.2, 0.25) is 0 Å². The molecule has 0 radical (unpaired) electrons. The van der Waals surface area contributed by atoms with Crippen LogP contribution in [0.4, 0.5) is 17.1 Å². The van der Waals surface area contributed by atoms with Crippen molar-refractivity contribution in [2.24, 2.45) is 0 Å². The van der Waals surface area contributed by atoms with E-state index in [0.717, 1.165) is 11.4 Å². The van der Waals surface area contributed by atoms with Crippen molar-refractivity contribution >= 4 is 89.2 Å². The van der Waals surface area contributed by atoms with Crippen molar-refractivity contribution in [3.05, 3.63) is 188 Å². The Bertz CT molecular complexity index is 2790. The summed E-state index contributed by atoms with van der Waals surface area (Å²) in [5, 5.41) is 8.61. The molecule has 8 aromatic carbocycles. The van der Waals surface area contributed by atoms with Crippen LogP contribution in [0, 0.1) is 0 Å². The molecule has 0 saturated carbocycles. The van der Waals surface area contributed by atoms with E-state index in [0.29, 0.717) is 0 Å². The molecule has 0 bridgehead atoms. The van der Waals surface area contributed by atoms with Crippen LogP contribution < -0.4 is 25.6 Å². The number of benzene rings is 8. The van der Waals surface area contributed by atoms with Gasteiger partial charge in [0.05, 0.1) is 0 Å². The summed E-state index contributed by atoms with van der Waals surface area (Å²) in [7, 11) is -2.62. The van der Waals surface area contributed by atoms with Crippen LogP contribution in [0.3, 0.4) is 0 Å². The van der Waals surface area contributed by atoms with Crippen LogP contribution in [0.15, 0.2) is 198 Å². The summed E-state index contributed by atoms with van der Waals surface area (Å²) in [4.78, 5) is 5.18. The topological polar surface area (TPSA) is 3.24 Å². The van der Waals surface area contributed by atoms with Gasteiger partial charge >= 0.3 is 0 Å². The lowest BCUT2D eigenvalue weighted by Gasteiger charge is -2.38. The average molecular weight is 714 g/mol. The number of hydrogen-bond acceptors (Lipinski definition) is 3. The fourth-order valence-electron chi connectivity index (χ4n) is 8.77. The van der Waals surface area contributed by atoms with E-state index in [2.05, 4.69) is 193 Å². The van der Waals surface area contributed by atoms with Gasteiger partial charge in [-0.2, -0.15) is 0 Å². The van der Waals surface area contributed by atoms with Crippen molar-refractivity contribution in [2.45, 2.75) is 9.79 Å². The second-order valence-corrected chi connectivity index (χ2v) is 19.4. The molecule has 244 valence electrons. The quantitative estimate of drug-likeness (QED) is 0.167. The van der Waals surface area contributed by atoms with E-state index in [1.54, 1.807) is 0 Å². The van der Waals surface area contributed by atoms with Crippen molar-refractivity contribution < 1.29 is 0 Å². The van der Waals surface area contributed by atoms with Gasteiger partial charge in [0.1, 0.15) is 0 Å². The van der Waals surface area contributed by atoms with E-state index >= 15 is 0 Å². The van der Waals surface area contributed by atoms with Crippen molar-refractivity contribution in [2.75, 3.05) is 4.90 Å². The molecule has 0 atom stereocenters. The van der Waals surface area contributed by atoms with Gasteiger partial charge in [-0.25, -0.2) is 0 Å². The monoisotopic (exact) mass is 713 g/mol. The molecular weight excluding hydrogens is 683 g/mol. The Kier molecular flexibility index (Phi) is 6.75. The lowest BCUT2D eigenvalue weighted by molar-refractivity contribution is 1.27. The van der Waals surface area contributed by atoms with Gasteiger partial charge in [0.15, 0.2) is 8.07 Å². The molecule has 52 heavy (non-hydrogen) atoms. The van der Waals surface area contributed by atoms with E-state index < -0.39 is 8.07 Å². The second-order valence-electron chi connectivity index (χ2n) is 13.6. The Balaban J connectivity index is 1.10. The van der Waals surface area contributed by atoms with Crippen LogP contribution in [0.2, 0.25) is 0 Å². The summed E-state index contributed by atoms with van der Waals surface area (Å²) in [5.41, 5.74) is 8.75. The van der Waals surface area contributed by atoms with Gasteiger partial charge in [-0.3, -0.25) is 0 Å². The first-order chi connectivity index (χ1) is 25.8. The second kappa shape index (κ2) is 11.7. The normalized spacial score (nSPS) is 13.5. The Hall–Kier alpha value is -5.65. The zero-order valence-corrected chi connectivity index (χ0v) is 30.8. The maximum Gasteiger partial charge on any atom is 0.183 e. The van der Waals surface area contributed by atoms with Crippen LogP contribution in [0.5, 0.6) is 0 Å². The van der Waals surface area contributed by atoms with Crippen LogP contribution >= 0.6 is 23.1 Å². The first-order valence-corrected chi connectivity index (χ1v) is 21.4. The maximum atomic E-state index is 2.53. The van der Waals surface area contributed by atoms with Crippen LogP contribution in [-0.4, -0.2) is 8.07 Å². The minimum atomic E-state index is -2.62. The Morgan fingerprint density at radius 1 is 0.385 bits per heavy atom. The number of para-hydroxylation sites is 1. The third kappa shape index (κ3) is 4.29. The summed E-state index contributed by atoms with van der Waals surface area (Å²) >= 11 is 3.81. The molecule has 0 saturated heterocycles. The van der Waals surface area contributed by atoms with Crippen molar-refractivity contribution in [1.82, 2.24) is 0 Å². The minimum Gasteiger partial charge on any atom is -0.311 e. The number of thiophene rings is 1. The smallest absolute Gasteiger partial charge is 0.183 e. The maximum absolute atomic E-state index is 2.62. The van der Waals surface area contributed by atoms with Gasteiger partial charge in [-0.15, -0.1) is 11.3 Å². The molecule has 0 N–H and O–H groups in total. The van der Waals surface area contributed by atoms with Gasteiger partial charge in [0.25, 0.3) is 0 Å². The molecule has 4 heteroatoms. The SMILES string of the molecule is c1ccc(N(c2ccc(-c3cccc4c3sc3ccccc34)cc2)c2ccc3c(c2)[Si]2(c4ccccc4S3)c3ccccc3-c3ccccc32)cc1. The Labute approximate surface area is 312 Å². The molecule has 0 amide bonds. The first-order valence-electron chi connectivity index (χ1n) is 17.8. The number of nitrogens with zero attached hydrogens (tertiary/aromatic N) is 1. The number of rotatable bonds is 4. The van der Waals surface area contributed by atoms with Crippen LogP contribution in [-0.2, 0) is 0 Å². The predicted molar refractivity (Wildman–Crippen MR) is 226 cm³/mol. The minimum absolute atomic E-state index is 1.14. The highest BCUT2D eigenvalue weighted by molar-refractivity contribution is 8.00. The molecule has 1 aromatic heterocycles. The van der Waals surface area contributed by atoms with Crippen molar-refractivity contribution in [1.29, 1.82) is 0 Å². The summed E-state index contributed by atoms with van der Waals surface area (Å²) in [5.74, 6) is 0. The zero-order chi connectivity index (χ0) is 34.2. The average Bonchev–Trinajstić information content (AvgIpc) is 3.74. The molecule has 3 heterocycles. The molecular formula is C48H31NS2Si. The molecule has 0 fully saturated rings. The van der Waals surface area contributed by atoms with Gasteiger partial charge in [-0.1, -0.05) is 145 Å². The summed E-state index contributed by atoms with van der Waals surface area (Å²) in [6.07, 6.45) is 0. The highest BCUT2D eigenvalue weighted by Gasteiger charge is 2.52. The molecule has 1 nitrogen and oxygen atoms in total. The highest BCUT2D eigenvalue weighted by Crippen LogP contribution is 2.43. The third-order valence-electron chi connectivity index (χ3n) is 10.9. The van der Waals surface area contributed by atoms with E-state index in [-0.39, 0.29) is 0 Å². The standard InChI is InChI=1S/C48H31NS2Si/c1-2-13-33(14-3-1)49(34-27-25-32(26-28-34)36-18-12-19-40-37-15-4-7-20-41(37)51-48(36)40)35-29-30-43-47(31-35)52(46-24-11-8-21-42(46)50-43)44-22-9-5-16-38(44)39-17-6-10-23-45(39)52/h1-31H. The van der Waals surface area contributed by atoms with Gasteiger partial charge in [-0.05, 0) is 97.6 Å². The van der Waals surface area contributed by atoms with Crippen LogP contribution in [0.25, 0.3) is 42.4 Å². The van der Waals surface area contributed by atoms with E-state index in [4.69, 9.17) is 0 Å². The predicted octanol–water partition coefficient (Wildman–Crippen LogP) is 11.0. The van der Waals surface area contributed by atoms with E-state index in [1.165, 1.54) is 78.7 Å². The number of fused-ring (bicyclic) bond motifs is 12. The molecule has 0 unspecified atom stereocenters. The molecule has 2 aliphatic heterocycles. The molecule has 1 spiro atoms. The summed E-state index contributed by atoms with van der Waals surface area (Å²) in [6, 6.07) is 70.3. The van der Waals surface area contributed by atoms with Crippen molar-refractivity contribution in [3.63, 3.8) is 0 Å². The molecule has 11 rings (SSSR count). The summed E-state index contributed by atoms with van der Waals surface area (Å²) in [6.45, 7) is 0. The molecule has 2 aliphatic rings. The number of hydrogen-bond donors (Lipinski definition) is 0. The van der Waals surface area contributed by atoms with E-state index in [1.807, 2.05) is 23.1 Å². The van der Waals surface area contributed by atoms with Gasteiger partial charge in [0, 0.05) is 47.0 Å². The third-order valence-corrected chi connectivity index (χ3v) is 18.6. The first kappa shape index (κ1) is 30.0. The summed E-state index contributed by atoms with van der Waals surface area (Å²) < 4.78 is 2.68. The lowest BCUT2D eigenvalue weighted by Crippen LogP contribution is -2.74.